The van der Waals surface area contributed by atoms with Crippen LogP contribution in [0, 0.1) is 0 Å². The lowest BCUT2D eigenvalue weighted by Gasteiger charge is -2.19. The molecule has 7 nitrogen and oxygen atoms in total. The van der Waals surface area contributed by atoms with Gasteiger partial charge in [0.25, 0.3) is 0 Å². The van der Waals surface area contributed by atoms with Crippen LogP contribution in [0.4, 0.5) is 0 Å². The highest BCUT2D eigenvalue weighted by atomic mass is 32.2. The van der Waals surface area contributed by atoms with Gasteiger partial charge in [0, 0.05) is 26.1 Å². The van der Waals surface area contributed by atoms with E-state index in [4.69, 9.17) is 5.11 Å². The summed E-state index contributed by atoms with van der Waals surface area (Å²) in [6, 6.07) is 5.85. The lowest BCUT2D eigenvalue weighted by molar-refractivity contribution is -0.120. The van der Waals surface area contributed by atoms with Gasteiger partial charge in [-0.25, -0.2) is 13.2 Å². The number of nitrogens with one attached hydrogen (secondary N) is 1. The van der Waals surface area contributed by atoms with Crippen molar-refractivity contribution in [2.24, 2.45) is 0 Å². The van der Waals surface area contributed by atoms with Crippen molar-refractivity contribution in [1.29, 1.82) is 0 Å². The predicted octanol–water partition coefficient (Wildman–Crippen LogP) is 0.0365. The number of sulfonamides is 1. The molecule has 1 aromatic carbocycles. The normalized spacial score (nSPS) is 17.0. The minimum absolute atomic E-state index is 0.0513. The van der Waals surface area contributed by atoms with Crippen molar-refractivity contribution in [3.63, 3.8) is 0 Å². The molecule has 0 radical (unpaired) electrons. The van der Waals surface area contributed by atoms with Gasteiger partial charge in [0.15, 0.2) is 0 Å². The van der Waals surface area contributed by atoms with Crippen LogP contribution < -0.4 is 5.32 Å². The van der Waals surface area contributed by atoms with E-state index in [0.29, 0.717) is 5.56 Å². The van der Waals surface area contributed by atoms with Crippen LogP contribution in [-0.4, -0.2) is 49.3 Å². The van der Waals surface area contributed by atoms with E-state index in [-0.39, 0.29) is 43.3 Å². The average molecular weight is 312 g/mol. The fraction of sp³-hybridized carbons (Fsp3) is 0.385. The fourth-order valence-electron chi connectivity index (χ4n) is 2.12. The smallest absolute Gasteiger partial charge is 0.335 e. The molecule has 0 atom stereocenters. The van der Waals surface area contributed by atoms with Crippen molar-refractivity contribution >= 4 is 21.9 Å². The Kier molecular flexibility index (Phi) is 4.59. The molecule has 2 rings (SSSR count). The van der Waals surface area contributed by atoms with Crippen LogP contribution >= 0.6 is 0 Å². The molecule has 21 heavy (non-hydrogen) atoms. The van der Waals surface area contributed by atoms with Crippen LogP contribution in [-0.2, 0) is 20.6 Å². The molecule has 0 aromatic heterocycles. The van der Waals surface area contributed by atoms with Crippen LogP contribution in [0.5, 0.6) is 0 Å². The molecule has 0 aliphatic carbocycles. The molecule has 1 aromatic rings. The topological polar surface area (TPSA) is 104 Å². The first kappa shape index (κ1) is 15.5. The van der Waals surface area contributed by atoms with Gasteiger partial charge in [-0.3, -0.25) is 4.79 Å². The molecule has 0 saturated carbocycles. The molecule has 0 bridgehead atoms. The van der Waals surface area contributed by atoms with Gasteiger partial charge in [-0.1, -0.05) is 12.1 Å². The zero-order chi connectivity index (χ0) is 15.5. The highest BCUT2D eigenvalue weighted by Crippen LogP contribution is 2.14. The van der Waals surface area contributed by atoms with Crippen molar-refractivity contribution in [3.8, 4) is 0 Å². The highest BCUT2D eigenvalue weighted by molar-refractivity contribution is 7.88. The van der Waals surface area contributed by atoms with E-state index >= 15 is 0 Å². The molecule has 114 valence electrons. The van der Waals surface area contributed by atoms with Crippen molar-refractivity contribution in [3.05, 3.63) is 35.4 Å². The molecule has 1 saturated heterocycles. The maximum Gasteiger partial charge on any atom is 0.335 e. The van der Waals surface area contributed by atoms with E-state index in [1.54, 1.807) is 6.07 Å². The molecule has 1 amide bonds. The van der Waals surface area contributed by atoms with Crippen molar-refractivity contribution in [2.45, 2.75) is 12.2 Å². The maximum atomic E-state index is 12.3. The van der Waals surface area contributed by atoms with Gasteiger partial charge in [-0.15, -0.1) is 0 Å². The zero-order valence-electron chi connectivity index (χ0n) is 11.3. The number of rotatable bonds is 4. The van der Waals surface area contributed by atoms with Crippen molar-refractivity contribution in [1.82, 2.24) is 9.62 Å². The highest BCUT2D eigenvalue weighted by Gasteiger charge is 2.25. The Labute approximate surface area is 122 Å². The summed E-state index contributed by atoms with van der Waals surface area (Å²) >= 11 is 0. The van der Waals surface area contributed by atoms with Crippen molar-refractivity contribution < 1.29 is 23.1 Å². The summed E-state index contributed by atoms with van der Waals surface area (Å²) in [4.78, 5) is 22.1. The van der Waals surface area contributed by atoms with Gasteiger partial charge < -0.3 is 10.4 Å². The fourth-order valence-corrected chi connectivity index (χ4v) is 3.64. The zero-order valence-corrected chi connectivity index (χ0v) is 12.1. The van der Waals surface area contributed by atoms with Gasteiger partial charge >= 0.3 is 5.97 Å². The Morgan fingerprint density at radius 3 is 2.81 bits per heavy atom. The molecular formula is C13H16N2O5S. The Bertz CT molecular complexity index is 656. The van der Waals surface area contributed by atoms with Crippen LogP contribution in [0.25, 0.3) is 0 Å². The molecule has 0 unspecified atom stereocenters. The summed E-state index contributed by atoms with van der Waals surface area (Å²) in [5.41, 5.74) is 0.467. The van der Waals surface area contributed by atoms with E-state index in [9.17, 15) is 18.0 Å². The Morgan fingerprint density at radius 1 is 1.33 bits per heavy atom. The van der Waals surface area contributed by atoms with E-state index in [1.807, 2.05) is 0 Å². The molecular weight excluding hydrogens is 296 g/mol. The van der Waals surface area contributed by atoms with Crippen LogP contribution in [0.2, 0.25) is 0 Å². The quantitative estimate of drug-likeness (QED) is 0.817. The number of amides is 1. The third-order valence-electron chi connectivity index (χ3n) is 3.19. The van der Waals surface area contributed by atoms with Gasteiger partial charge in [-0.05, 0) is 17.7 Å². The molecule has 1 aliphatic rings. The first-order chi connectivity index (χ1) is 9.88. The Hall–Kier alpha value is -1.93. The monoisotopic (exact) mass is 312 g/mol. The van der Waals surface area contributed by atoms with Crippen LogP contribution in [0.3, 0.4) is 0 Å². The predicted molar refractivity (Wildman–Crippen MR) is 75.2 cm³/mol. The lowest BCUT2D eigenvalue weighted by Crippen LogP contribution is -2.35. The largest absolute Gasteiger partial charge is 0.478 e. The molecule has 0 spiro atoms. The van der Waals surface area contributed by atoms with Gasteiger partial charge in [0.2, 0.25) is 15.9 Å². The molecule has 8 heteroatoms. The minimum atomic E-state index is -3.58. The van der Waals surface area contributed by atoms with E-state index in [2.05, 4.69) is 5.32 Å². The molecule has 2 N–H and O–H groups in total. The van der Waals surface area contributed by atoms with Gasteiger partial charge in [-0.2, -0.15) is 4.31 Å². The number of nitrogens with zero attached hydrogens (tertiary/aromatic N) is 1. The maximum absolute atomic E-state index is 12.3. The molecule has 1 aliphatic heterocycles. The summed E-state index contributed by atoms with van der Waals surface area (Å²) < 4.78 is 25.9. The van der Waals surface area contributed by atoms with Crippen LogP contribution in [0.1, 0.15) is 22.3 Å². The minimum Gasteiger partial charge on any atom is -0.478 e. The number of aromatic carboxylic acids is 1. The number of carbonyl (C=O) groups excluding carboxylic acids is 1. The third kappa shape index (κ3) is 4.02. The lowest BCUT2D eigenvalue weighted by atomic mass is 10.1. The summed E-state index contributed by atoms with van der Waals surface area (Å²) in [5, 5.41) is 11.5. The van der Waals surface area contributed by atoms with Crippen LogP contribution in [0.15, 0.2) is 24.3 Å². The number of hydrogen-bond acceptors (Lipinski definition) is 4. The first-order valence-electron chi connectivity index (χ1n) is 6.45. The number of benzene rings is 1. The second-order valence-corrected chi connectivity index (χ2v) is 6.73. The second-order valence-electron chi connectivity index (χ2n) is 4.76. The van der Waals surface area contributed by atoms with E-state index in [1.165, 1.54) is 22.5 Å². The summed E-state index contributed by atoms with van der Waals surface area (Å²) in [7, 11) is -3.58. The Balaban J connectivity index is 2.15. The Morgan fingerprint density at radius 2 is 2.10 bits per heavy atom. The van der Waals surface area contributed by atoms with Crippen molar-refractivity contribution in [2.75, 3.05) is 19.6 Å². The van der Waals surface area contributed by atoms with Gasteiger partial charge in [0.05, 0.1) is 11.3 Å². The summed E-state index contributed by atoms with van der Waals surface area (Å²) in [6.45, 7) is 0.659. The SMILES string of the molecule is O=C1CCN(S(=O)(=O)Cc2cccc(C(=O)O)c2)CCN1. The van der Waals surface area contributed by atoms with Gasteiger partial charge in [0.1, 0.15) is 0 Å². The number of carboxylic acids is 1. The third-order valence-corrected chi connectivity index (χ3v) is 5.04. The average Bonchev–Trinajstić information content (AvgIpc) is 2.64. The number of carboxylic acid groups (broad SMARTS) is 1. The second kappa shape index (κ2) is 6.23. The summed E-state index contributed by atoms with van der Waals surface area (Å²) in [5.74, 6) is -1.54. The standard InChI is InChI=1S/C13H16N2O5S/c16-12-4-6-15(7-5-14-12)21(19,20)9-10-2-1-3-11(8-10)13(17)18/h1-3,8H,4-7,9H2,(H,14,16)(H,17,18). The first-order valence-corrected chi connectivity index (χ1v) is 8.06. The van der Waals surface area contributed by atoms with E-state index < -0.39 is 16.0 Å². The number of carbonyl (C=O) groups is 2. The molecule has 1 fully saturated rings. The summed E-state index contributed by atoms with van der Waals surface area (Å²) in [6.07, 6.45) is 0.133. The number of hydrogen-bond donors (Lipinski definition) is 2. The van der Waals surface area contributed by atoms with E-state index in [0.717, 1.165) is 0 Å². The molecule has 1 heterocycles.